The maximum absolute atomic E-state index is 13.5. The highest BCUT2D eigenvalue weighted by atomic mass is 127. The average molecular weight is 941 g/mol. The summed E-state index contributed by atoms with van der Waals surface area (Å²) in [6.07, 6.45) is 18.1. The van der Waals surface area contributed by atoms with Crippen LogP contribution in [0.4, 0.5) is 0 Å². The SMILES string of the molecule is CCC(Cc1c(I)cc(I)c(O)c1I)C(=O)O[C@H]1CC[C@@]2(C)C(=CCC3C2CC[C@@]2(C)C3CC[C@@H]2[C@H](C)CCCC(C)C)C1. The molecular formula is C38H55I3O3. The maximum Gasteiger partial charge on any atom is 0.309 e. The summed E-state index contributed by atoms with van der Waals surface area (Å²) >= 11 is 6.73. The van der Waals surface area contributed by atoms with Crippen LogP contribution in [0.1, 0.15) is 124 Å². The van der Waals surface area contributed by atoms with Crippen molar-refractivity contribution in [2.45, 2.75) is 131 Å². The molecule has 246 valence electrons. The monoisotopic (exact) mass is 940 g/mol. The standard InChI is InChI=1S/C38H55I3O3/c1-7-24(19-28-32(39)21-33(40)35(42)34(28)41)36(43)44-26-15-17-37(5)25(20-26)11-12-27-30-14-13-29(23(4)10-8-9-22(2)3)38(30,6)18-16-31(27)37/h11,21-24,26-27,29-31,42H,7-10,12-20H2,1-6H3/t23-,24?,26+,27?,29-,30?,31?,37+,38-/m1/s1. The molecule has 3 nitrogen and oxygen atoms in total. The molecule has 4 aliphatic carbocycles. The predicted octanol–water partition coefficient (Wildman–Crippen LogP) is 11.7. The van der Waals surface area contributed by atoms with E-state index in [9.17, 15) is 9.90 Å². The Morgan fingerprint density at radius 2 is 1.77 bits per heavy atom. The fraction of sp³-hybridized carbons (Fsp3) is 0.763. The number of phenolic OH excluding ortho intramolecular Hbond substituents is 1. The zero-order valence-corrected chi connectivity index (χ0v) is 34.3. The molecule has 3 saturated carbocycles. The molecule has 4 unspecified atom stereocenters. The van der Waals surface area contributed by atoms with Gasteiger partial charge in [-0.1, -0.05) is 72.5 Å². The number of hydrogen-bond donors (Lipinski definition) is 1. The number of hydrogen-bond acceptors (Lipinski definition) is 3. The number of fused-ring (bicyclic) bond motifs is 5. The van der Waals surface area contributed by atoms with Crippen molar-refractivity contribution in [3.05, 3.63) is 34.0 Å². The zero-order chi connectivity index (χ0) is 32.0. The van der Waals surface area contributed by atoms with E-state index in [4.69, 9.17) is 4.74 Å². The highest BCUT2D eigenvalue weighted by Crippen LogP contribution is 2.67. The van der Waals surface area contributed by atoms with Crippen molar-refractivity contribution in [1.82, 2.24) is 0 Å². The van der Waals surface area contributed by atoms with Crippen LogP contribution in [0.3, 0.4) is 0 Å². The Labute approximate surface area is 308 Å². The molecule has 5 rings (SSSR count). The van der Waals surface area contributed by atoms with Crippen molar-refractivity contribution in [2.24, 2.45) is 52.3 Å². The highest BCUT2D eigenvalue weighted by Gasteiger charge is 2.59. The van der Waals surface area contributed by atoms with Gasteiger partial charge in [-0.3, -0.25) is 4.79 Å². The van der Waals surface area contributed by atoms with Gasteiger partial charge in [0.2, 0.25) is 0 Å². The second kappa shape index (κ2) is 14.5. The van der Waals surface area contributed by atoms with Crippen molar-refractivity contribution >= 4 is 73.7 Å². The molecule has 4 aliphatic rings. The number of halogens is 3. The highest BCUT2D eigenvalue weighted by molar-refractivity contribution is 14.1. The number of allylic oxidation sites excluding steroid dienone is 1. The number of ether oxygens (including phenoxy) is 1. The molecule has 1 aromatic carbocycles. The van der Waals surface area contributed by atoms with E-state index in [1.165, 1.54) is 51.4 Å². The van der Waals surface area contributed by atoms with Gasteiger partial charge in [0.05, 0.1) is 13.1 Å². The lowest BCUT2D eigenvalue weighted by Gasteiger charge is -2.58. The molecule has 0 spiro atoms. The topological polar surface area (TPSA) is 46.5 Å². The molecule has 0 radical (unpaired) electrons. The Morgan fingerprint density at radius 1 is 1.02 bits per heavy atom. The lowest BCUT2D eigenvalue weighted by atomic mass is 9.47. The van der Waals surface area contributed by atoms with Crippen LogP contribution >= 0.6 is 67.8 Å². The molecule has 1 aromatic rings. The second-order valence-corrected chi connectivity index (χ2v) is 19.3. The van der Waals surface area contributed by atoms with Gasteiger partial charge in [-0.25, -0.2) is 0 Å². The first-order valence-electron chi connectivity index (χ1n) is 17.5. The largest absolute Gasteiger partial charge is 0.506 e. The van der Waals surface area contributed by atoms with Crippen LogP contribution in [-0.2, 0) is 16.0 Å². The Morgan fingerprint density at radius 3 is 2.48 bits per heavy atom. The third-order valence-electron chi connectivity index (χ3n) is 13.1. The number of rotatable bonds is 10. The molecule has 0 amide bonds. The van der Waals surface area contributed by atoms with E-state index in [0.29, 0.717) is 17.6 Å². The molecule has 0 aromatic heterocycles. The van der Waals surface area contributed by atoms with Crippen LogP contribution in [0.15, 0.2) is 17.7 Å². The van der Waals surface area contributed by atoms with Gasteiger partial charge in [-0.15, -0.1) is 0 Å². The molecule has 9 atom stereocenters. The van der Waals surface area contributed by atoms with Crippen LogP contribution in [0.2, 0.25) is 0 Å². The first-order valence-corrected chi connectivity index (χ1v) is 20.8. The smallest absolute Gasteiger partial charge is 0.309 e. The molecule has 3 fully saturated rings. The van der Waals surface area contributed by atoms with Gasteiger partial charge in [0.25, 0.3) is 0 Å². The molecule has 0 bridgehead atoms. The lowest BCUT2D eigenvalue weighted by molar-refractivity contribution is -0.156. The number of aromatic hydroxyl groups is 1. The third-order valence-corrected chi connectivity index (χ3v) is 16.0. The summed E-state index contributed by atoms with van der Waals surface area (Å²) in [5.41, 5.74) is 3.44. The quantitative estimate of drug-likeness (QED) is 0.144. The molecule has 0 heterocycles. The summed E-state index contributed by atoms with van der Waals surface area (Å²) in [5, 5.41) is 10.5. The van der Waals surface area contributed by atoms with Crippen molar-refractivity contribution in [2.75, 3.05) is 0 Å². The van der Waals surface area contributed by atoms with E-state index in [0.717, 1.165) is 77.5 Å². The number of benzene rings is 1. The van der Waals surface area contributed by atoms with E-state index >= 15 is 0 Å². The summed E-state index contributed by atoms with van der Waals surface area (Å²) in [6.45, 7) is 14.6. The Kier molecular flexibility index (Phi) is 11.8. The summed E-state index contributed by atoms with van der Waals surface area (Å²) in [4.78, 5) is 13.5. The van der Waals surface area contributed by atoms with E-state index in [-0.39, 0.29) is 23.4 Å². The van der Waals surface area contributed by atoms with E-state index in [1.54, 1.807) is 5.57 Å². The Balaban J connectivity index is 1.23. The number of esters is 1. The van der Waals surface area contributed by atoms with Gasteiger partial charge < -0.3 is 9.84 Å². The first kappa shape index (κ1) is 35.7. The predicted molar refractivity (Wildman–Crippen MR) is 207 cm³/mol. The molecular weight excluding hydrogens is 885 g/mol. The summed E-state index contributed by atoms with van der Waals surface area (Å²) in [7, 11) is 0. The van der Waals surface area contributed by atoms with Crippen molar-refractivity contribution in [1.29, 1.82) is 0 Å². The minimum atomic E-state index is -0.186. The minimum Gasteiger partial charge on any atom is -0.506 e. The fourth-order valence-corrected chi connectivity index (χ4v) is 14.3. The number of phenols is 1. The third kappa shape index (κ3) is 6.94. The van der Waals surface area contributed by atoms with Gasteiger partial charge in [-0.2, -0.15) is 0 Å². The Bertz CT molecular complexity index is 1240. The first-order chi connectivity index (χ1) is 20.8. The molecule has 0 aliphatic heterocycles. The molecule has 44 heavy (non-hydrogen) atoms. The van der Waals surface area contributed by atoms with Gasteiger partial charge in [0.1, 0.15) is 11.9 Å². The van der Waals surface area contributed by atoms with Crippen molar-refractivity contribution in [3.63, 3.8) is 0 Å². The summed E-state index contributed by atoms with van der Waals surface area (Å²) < 4.78 is 9.12. The van der Waals surface area contributed by atoms with Crippen molar-refractivity contribution < 1.29 is 14.6 Å². The van der Waals surface area contributed by atoms with Crippen LogP contribution in [-0.4, -0.2) is 17.2 Å². The molecule has 0 saturated heterocycles. The van der Waals surface area contributed by atoms with Gasteiger partial charge in [0, 0.05) is 9.99 Å². The molecule has 1 N–H and O–H groups in total. The average Bonchev–Trinajstić information content (AvgIpc) is 3.33. The summed E-state index contributed by atoms with van der Waals surface area (Å²) in [5.74, 6) is 5.14. The van der Waals surface area contributed by atoms with E-state index in [1.807, 2.05) is 6.07 Å². The zero-order valence-electron chi connectivity index (χ0n) is 27.9. The maximum atomic E-state index is 13.5. The normalized spacial score (nSPS) is 34.5. The van der Waals surface area contributed by atoms with Crippen LogP contribution in [0.5, 0.6) is 5.75 Å². The van der Waals surface area contributed by atoms with E-state index in [2.05, 4.69) is 115 Å². The van der Waals surface area contributed by atoms with Gasteiger partial charge in [-0.05, 0) is 184 Å². The Hall–Kier alpha value is 0.420. The minimum absolute atomic E-state index is 0.00732. The number of carbonyl (C=O) groups is 1. The molecule has 6 heteroatoms. The number of carbonyl (C=O) groups excluding carboxylic acids is 1. The van der Waals surface area contributed by atoms with Gasteiger partial charge >= 0.3 is 5.97 Å². The van der Waals surface area contributed by atoms with Crippen LogP contribution < -0.4 is 0 Å². The fourth-order valence-electron chi connectivity index (χ4n) is 10.5. The van der Waals surface area contributed by atoms with Crippen molar-refractivity contribution in [3.8, 4) is 5.75 Å². The van der Waals surface area contributed by atoms with Gasteiger partial charge in [0.15, 0.2) is 0 Å². The summed E-state index contributed by atoms with van der Waals surface area (Å²) in [6, 6.07) is 2.00. The second-order valence-electron chi connectivity index (χ2n) is 15.9. The van der Waals surface area contributed by atoms with E-state index < -0.39 is 0 Å². The van der Waals surface area contributed by atoms with Crippen LogP contribution in [0, 0.1) is 63.0 Å². The van der Waals surface area contributed by atoms with Crippen LogP contribution in [0.25, 0.3) is 0 Å². The lowest BCUT2D eigenvalue weighted by Crippen LogP contribution is -2.51.